The number of aliphatic hydroxyl groups is 1. The summed E-state index contributed by atoms with van der Waals surface area (Å²) in [6.07, 6.45) is 2.72. The summed E-state index contributed by atoms with van der Waals surface area (Å²) < 4.78 is 20.3. The molecule has 9 heteroatoms. The first kappa shape index (κ1) is 23.7. The second kappa shape index (κ2) is 9.06. The first-order chi connectivity index (χ1) is 15.6. The summed E-state index contributed by atoms with van der Waals surface area (Å²) in [6.45, 7) is 3.91. The summed E-state index contributed by atoms with van der Waals surface area (Å²) in [5.74, 6) is 0.107. The number of carbonyl (C=O) groups is 2. The third-order valence-corrected chi connectivity index (χ3v) is 7.32. The van der Waals surface area contributed by atoms with Crippen molar-refractivity contribution in [3.05, 3.63) is 46.3 Å². The monoisotopic (exact) mass is 477 g/mol. The van der Waals surface area contributed by atoms with Crippen LogP contribution in [0.3, 0.4) is 0 Å². The number of amides is 1. The van der Waals surface area contributed by atoms with Crippen molar-refractivity contribution in [2.45, 2.75) is 57.5 Å². The van der Waals surface area contributed by atoms with Crippen LogP contribution in [0, 0.1) is 24.6 Å². The lowest BCUT2D eigenvalue weighted by molar-refractivity contribution is -0.148. The van der Waals surface area contributed by atoms with E-state index >= 15 is 0 Å². The maximum Gasteiger partial charge on any atom is 0.308 e. The summed E-state index contributed by atoms with van der Waals surface area (Å²) in [5.41, 5.74) is 0.599. The standard InChI is InChI=1S/C24H29ClFN3O4/c1-4-33-20(30)12-24(32)10-15-7-14(8-16(15)11-24)21-22(29(3)13(2)27-21)23(31)28-17-5-6-19(26)18(25)9-17/h5-6,9,14-16,32H,4,7-8,10-12H2,1-3H3,(H,28,31). The topological polar surface area (TPSA) is 93.4 Å². The van der Waals surface area contributed by atoms with Gasteiger partial charge in [0, 0.05) is 18.7 Å². The second-order valence-electron chi connectivity index (χ2n) is 9.34. The van der Waals surface area contributed by atoms with Crippen molar-refractivity contribution in [2.75, 3.05) is 11.9 Å². The number of halogens is 2. The Morgan fingerprint density at radius 3 is 2.61 bits per heavy atom. The van der Waals surface area contributed by atoms with Crippen LogP contribution in [-0.4, -0.2) is 38.7 Å². The molecule has 4 rings (SSSR count). The predicted octanol–water partition coefficient (Wildman–Crippen LogP) is 4.36. The normalized spacial score (nSPS) is 26.3. The quantitative estimate of drug-likeness (QED) is 0.603. The first-order valence-electron chi connectivity index (χ1n) is 11.3. The van der Waals surface area contributed by atoms with E-state index in [4.69, 9.17) is 21.3 Å². The van der Waals surface area contributed by atoms with E-state index in [0.29, 0.717) is 30.8 Å². The molecule has 2 fully saturated rings. The van der Waals surface area contributed by atoms with Gasteiger partial charge in [-0.1, -0.05) is 11.6 Å². The van der Waals surface area contributed by atoms with E-state index in [0.717, 1.165) is 24.4 Å². The average Bonchev–Trinajstić information content (AvgIpc) is 3.34. The number of aromatic nitrogens is 2. The van der Waals surface area contributed by atoms with Gasteiger partial charge in [0.15, 0.2) is 0 Å². The molecule has 1 amide bonds. The summed E-state index contributed by atoms with van der Waals surface area (Å²) in [4.78, 5) is 29.7. The molecule has 1 aromatic carbocycles. The van der Waals surface area contributed by atoms with Crippen LogP contribution < -0.4 is 5.32 Å². The molecule has 2 unspecified atom stereocenters. The van der Waals surface area contributed by atoms with Crippen molar-refractivity contribution in [2.24, 2.45) is 18.9 Å². The van der Waals surface area contributed by atoms with Crippen molar-refractivity contribution in [1.29, 1.82) is 0 Å². The van der Waals surface area contributed by atoms with Crippen LogP contribution in [0.15, 0.2) is 18.2 Å². The molecule has 7 nitrogen and oxygen atoms in total. The lowest BCUT2D eigenvalue weighted by Crippen LogP contribution is -2.30. The van der Waals surface area contributed by atoms with Gasteiger partial charge in [-0.3, -0.25) is 9.59 Å². The fourth-order valence-electron chi connectivity index (χ4n) is 5.57. The van der Waals surface area contributed by atoms with E-state index in [1.54, 1.807) is 18.5 Å². The highest BCUT2D eigenvalue weighted by Crippen LogP contribution is 2.54. The highest BCUT2D eigenvalue weighted by atomic mass is 35.5. The predicted molar refractivity (Wildman–Crippen MR) is 122 cm³/mol. The van der Waals surface area contributed by atoms with Crippen molar-refractivity contribution < 1.29 is 23.8 Å². The molecule has 2 aliphatic rings. The van der Waals surface area contributed by atoms with Crippen molar-refractivity contribution in [3.8, 4) is 0 Å². The average molecular weight is 478 g/mol. The maximum atomic E-state index is 13.5. The Bertz CT molecular complexity index is 1070. The minimum Gasteiger partial charge on any atom is -0.466 e. The number of fused-ring (bicyclic) bond motifs is 1. The Balaban J connectivity index is 1.49. The van der Waals surface area contributed by atoms with E-state index in [-0.39, 0.29) is 41.1 Å². The molecule has 0 saturated heterocycles. The van der Waals surface area contributed by atoms with Gasteiger partial charge in [0.25, 0.3) is 5.91 Å². The number of hydrogen-bond donors (Lipinski definition) is 2. The molecule has 2 N–H and O–H groups in total. The van der Waals surface area contributed by atoms with Crippen LogP contribution in [0.4, 0.5) is 10.1 Å². The highest BCUT2D eigenvalue weighted by molar-refractivity contribution is 6.31. The van der Waals surface area contributed by atoms with Gasteiger partial charge in [-0.05, 0) is 69.6 Å². The third-order valence-electron chi connectivity index (χ3n) is 7.03. The number of rotatable bonds is 6. The van der Waals surface area contributed by atoms with Gasteiger partial charge in [0.05, 0.1) is 29.3 Å². The van der Waals surface area contributed by atoms with Gasteiger partial charge >= 0.3 is 5.97 Å². The Labute approximate surface area is 197 Å². The van der Waals surface area contributed by atoms with Crippen LogP contribution in [-0.2, 0) is 16.6 Å². The fourth-order valence-corrected chi connectivity index (χ4v) is 5.75. The van der Waals surface area contributed by atoms with Crippen LogP contribution in [0.1, 0.15) is 67.0 Å². The zero-order chi connectivity index (χ0) is 23.9. The Morgan fingerprint density at radius 2 is 2.00 bits per heavy atom. The van der Waals surface area contributed by atoms with Crippen LogP contribution in [0.2, 0.25) is 5.02 Å². The van der Waals surface area contributed by atoms with E-state index in [1.165, 1.54) is 18.2 Å². The maximum absolute atomic E-state index is 13.5. The summed E-state index contributed by atoms with van der Waals surface area (Å²) in [5, 5.41) is 13.7. The molecular weight excluding hydrogens is 449 g/mol. The molecule has 2 aliphatic carbocycles. The number of imidazole rings is 1. The number of nitrogens with zero attached hydrogens (tertiary/aromatic N) is 2. The summed E-state index contributed by atoms with van der Waals surface area (Å²) in [6, 6.07) is 4.05. The van der Waals surface area contributed by atoms with E-state index in [9.17, 15) is 19.1 Å². The summed E-state index contributed by atoms with van der Waals surface area (Å²) >= 11 is 5.85. The number of ether oxygens (including phenoxy) is 1. The lowest BCUT2D eigenvalue weighted by atomic mass is 9.90. The van der Waals surface area contributed by atoms with Gasteiger partial charge in [0.1, 0.15) is 17.3 Å². The van der Waals surface area contributed by atoms with Crippen molar-refractivity contribution >= 4 is 29.2 Å². The third kappa shape index (κ3) is 4.77. The number of anilines is 1. The number of nitrogens with one attached hydrogen (secondary N) is 1. The lowest BCUT2D eigenvalue weighted by Gasteiger charge is -2.23. The molecule has 0 aliphatic heterocycles. The summed E-state index contributed by atoms with van der Waals surface area (Å²) in [7, 11) is 1.80. The zero-order valence-corrected chi connectivity index (χ0v) is 19.8. The van der Waals surface area contributed by atoms with E-state index in [1.807, 2.05) is 6.92 Å². The molecule has 0 spiro atoms. The van der Waals surface area contributed by atoms with Crippen LogP contribution >= 0.6 is 11.6 Å². The van der Waals surface area contributed by atoms with E-state index in [2.05, 4.69) is 5.32 Å². The van der Waals surface area contributed by atoms with Crippen molar-refractivity contribution in [1.82, 2.24) is 9.55 Å². The molecule has 0 bridgehead atoms. The Morgan fingerprint density at radius 1 is 1.33 bits per heavy atom. The number of carbonyl (C=O) groups excluding carboxylic acids is 2. The molecule has 33 heavy (non-hydrogen) atoms. The van der Waals surface area contributed by atoms with Gasteiger partial charge in [0.2, 0.25) is 0 Å². The Kier molecular flexibility index (Phi) is 6.51. The highest BCUT2D eigenvalue weighted by Gasteiger charge is 2.50. The van der Waals surface area contributed by atoms with Gasteiger partial charge in [-0.15, -0.1) is 0 Å². The molecular formula is C24H29ClFN3O4. The molecule has 2 saturated carbocycles. The molecule has 178 valence electrons. The molecule has 0 radical (unpaired) electrons. The fraction of sp³-hybridized carbons (Fsp3) is 0.542. The molecule has 2 atom stereocenters. The van der Waals surface area contributed by atoms with Gasteiger partial charge in [-0.25, -0.2) is 9.37 Å². The largest absolute Gasteiger partial charge is 0.466 e. The minimum absolute atomic E-state index is 0.0229. The number of aryl methyl sites for hydroxylation is 1. The van der Waals surface area contributed by atoms with Crippen LogP contribution in [0.25, 0.3) is 0 Å². The molecule has 1 aromatic heterocycles. The van der Waals surface area contributed by atoms with Crippen molar-refractivity contribution in [3.63, 3.8) is 0 Å². The number of esters is 1. The van der Waals surface area contributed by atoms with Gasteiger partial charge in [-0.2, -0.15) is 0 Å². The Hall–Kier alpha value is -2.45. The molecule has 2 aromatic rings. The second-order valence-corrected chi connectivity index (χ2v) is 9.74. The van der Waals surface area contributed by atoms with E-state index < -0.39 is 11.4 Å². The first-order valence-corrected chi connectivity index (χ1v) is 11.7. The SMILES string of the molecule is CCOC(=O)CC1(O)CC2CC(c3nc(C)n(C)c3C(=O)Nc3ccc(F)c(Cl)c3)CC2C1. The number of hydrogen-bond acceptors (Lipinski definition) is 5. The smallest absolute Gasteiger partial charge is 0.308 e. The number of benzene rings is 1. The zero-order valence-electron chi connectivity index (χ0n) is 19.0. The molecule has 1 heterocycles. The van der Waals surface area contributed by atoms with Crippen LogP contribution in [0.5, 0.6) is 0 Å². The van der Waals surface area contributed by atoms with Gasteiger partial charge < -0.3 is 19.7 Å². The minimum atomic E-state index is -1.02.